The number of para-hydroxylation sites is 1. The van der Waals surface area contributed by atoms with Crippen LogP contribution in [0, 0.1) is 18.3 Å². The zero-order chi connectivity index (χ0) is 28.2. The van der Waals surface area contributed by atoms with E-state index in [1.165, 1.54) is 27.5 Å². The van der Waals surface area contributed by atoms with Crippen LogP contribution in [0.4, 0.5) is 0 Å². The van der Waals surface area contributed by atoms with Crippen LogP contribution in [0.5, 0.6) is 11.5 Å². The van der Waals surface area contributed by atoms with Gasteiger partial charge in [0, 0.05) is 31.3 Å². The predicted molar refractivity (Wildman–Crippen MR) is 143 cm³/mol. The summed E-state index contributed by atoms with van der Waals surface area (Å²) in [5.74, 6) is 0.962. The van der Waals surface area contributed by atoms with Gasteiger partial charge in [-0.3, -0.25) is 14.5 Å². The molecule has 0 saturated heterocycles. The van der Waals surface area contributed by atoms with E-state index in [-0.39, 0.29) is 5.82 Å². The van der Waals surface area contributed by atoms with E-state index >= 15 is 0 Å². The van der Waals surface area contributed by atoms with Crippen LogP contribution in [0.25, 0.3) is 17.1 Å². The lowest BCUT2D eigenvalue weighted by atomic mass is 10.1. The normalized spacial score (nSPS) is 12.9. The van der Waals surface area contributed by atoms with Crippen LogP contribution in [-0.2, 0) is 20.3 Å². The van der Waals surface area contributed by atoms with Crippen molar-refractivity contribution in [1.82, 2.24) is 24.7 Å². The molecule has 0 bridgehead atoms. The Kier molecular flexibility index (Phi) is 8.23. The van der Waals surface area contributed by atoms with E-state index < -0.39 is 26.9 Å². The molecule has 4 rings (SSSR count). The number of methoxy groups -OCH3 is 3. The number of sulfone groups is 1. The van der Waals surface area contributed by atoms with E-state index in [0.717, 1.165) is 5.56 Å². The zero-order valence-corrected chi connectivity index (χ0v) is 23.0. The Morgan fingerprint density at radius 3 is 2.31 bits per heavy atom. The molecule has 0 N–H and O–H groups in total. The van der Waals surface area contributed by atoms with Crippen LogP contribution >= 0.6 is 0 Å². The van der Waals surface area contributed by atoms with E-state index in [2.05, 4.69) is 20.2 Å². The van der Waals surface area contributed by atoms with Gasteiger partial charge in [0.1, 0.15) is 35.1 Å². The third-order valence-corrected chi connectivity index (χ3v) is 8.31. The summed E-state index contributed by atoms with van der Waals surface area (Å²) in [7, 11) is 0.566. The molecule has 0 aliphatic carbocycles. The van der Waals surface area contributed by atoms with E-state index in [1.54, 1.807) is 54.2 Å². The molecule has 0 amide bonds. The van der Waals surface area contributed by atoms with Gasteiger partial charge in [0.05, 0.1) is 30.7 Å². The van der Waals surface area contributed by atoms with Crippen molar-refractivity contribution >= 4 is 9.84 Å². The Hall–Kier alpha value is -4.34. The number of nitriles is 1. The highest BCUT2D eigenvalue weighted by Crippen LogP contribution is 2.37. The summed E-state index contributed by atoms with van der Waals surface area (Å²) in [5, 5.41) is 16.7. The van der Waals surface area contributed by atoms with Gasteiger partial charge in [-0.05, 0) is 49.7 Å². The maximum absolute atomic E-state index is 13.8. The monoisotopic (exact) mass is 548 g/mol. The fourth-order valence-electron chi connectivity index (χ4n) is 4.25. The van der Waals surface area contributed by atoms with Crippen LogP contribution in [-0.4, -0.2) is 59.7 Å². The second kappa shape index (κ2) is 11.6. The second-order valence-corrected chi connectivity index (χ2v) is 11.1. The molecule has 12 heteroatoms. The Morgan fingerprint density at radius 1 is 1.03 bits per heavy atom. The quantitative estimate of drug-likeness (QED) is 0.288. The lowest BCUT2D eigenvalue weighted by molar-refractivity contribution is 0.0987. The summed E-state index contributed by atoms with van der Waals surface area (Å²) in [5.41, 5.74) is 2.76. The molecule has 202 valence electrons. The number of hydrogen-bond donors (Lipinski definition) is 0. The summed E-state index contributed by atoms with van der Waals surface area (Å²) < 4.78 is 46.0. The summed E-state index contributed by atoms with van der Waals surface area (Å²) >= 11 is 0. The largest absolute Gasteiger partial charge is 0.494 e. The van der Waals surface area contributed by atoms with Crippen molar-refractivity contribution in [3.8, 4) is 34.6 Å². The van der Waals surface area contributed by atoms with Gasteiger partial charge in [-0.25, -0.2) is 8.42 Å². The molecule has 2 atom stereocenters. The number of aryl methyl sites for hydroxylation is 1. The molecule has 0 aliphatic heterocycles. The number of nitrogens with zero attached hydrogens (tertiary/aromatic N) is 6. The highest BCUT2D eigenvalue weighted by Gasteiger charge is 2.34. The van der Waals surface area contributed by atoms with Crippen molar-refractivity contribution in [2.24, 2.45) is 0 Å². The molecule has 0 spiro atoms. The number of ether oxygens (including phenoxy) is 3. The van der Waals surface area contributed by atoms with Crippen molar-refractivity contribution in [3.63, 3.8) is 0 Å². The molecule has 0 saturated carbocycles. The molecule has 0 radical (unpaired) electrons. The number of benzene rings is 1. The molecule has 0 unspecified atom stereocenters. The minimum absolute atomic E-state index is 0.156. The Balaban J connectivity index is 1.83. The summed E-state index contributed by atoms with van der Waals surface area (Å²) in [6.45, 7) is 3.45. The maximum Gasteiger partial charge on any atom is 0.170 e. The third kappa shape index (κ3) is 5.59. The highest BCUT2D eigenvalue weighted by molar-refractivity contribution is 7.91. The highest BCUT2D eigenvalue weighted by atomic mass is 32.2. The van der Waals surface area contributed by atoms with E-state index in [9.17, 15) is 8.42 Å². The van der Waals surface area contributed by atoms with Crippen molar-refractivity contribution in [1.29, 1.82) is 5.26 Å². The molecule has 1 aromatic carbocycles. The smallest absolute Gasteiger partial charge is 0.170 e. The Bertz CT molecular complexity index is 1590. The van der Waals surface area contributed by atoms with Crippen molar-refractivity contribution in [2.45, 2.75) is 31.0 Å². The topological polar surface area (TPSA) is 142 Å². The number of pyridine rings is 2. The average Bonchev–Trinajstić information content (AvgIpc) is 3.35. The molecule has 0 aliphatic rings. The molecular formula is C27H28N6O5S. The third-order valence-electron chi connectivity index (χ3n) is 6.27. The van der Waals surface area contributed by atoms with Crippen molar-refractivity contribution < 1.29 is 22.6 Å². The zero-order valence-electron chi connectivity index (χ0n) is 22.2. The van der Waals surface area contributed by atoms with Gasteiger partial charge >= 0.3 is 0 Å². The molecule has 3 heterocycles. The first-order valence-electron chi connectivity index (χ1n) is 11.9. The van der Waals surface area contributed by atoms with Gasteiger partial charge < -0.3 is 14.2 Å². The first kappa shape index (κ1) is 27.7. The van der Waals surface area contributed by atoms with Gasteiger partial charge in [0.25, 0.3) is 0 Å². The van der Waals surface area contributed by atoms with E-state index in [1.807, 2.05) is 19.1 Å². The minimum Gasteiger partial charge on any atom is -0.494 e. The van der Waals surface area contributed by atoms with Gasteiger partial charge in [-0.2, -0.15) is 5.26 Å². The second-order valence-electron chi connectivity index (χ2n) is 8.79. The fourth-order valence-corrected chi connectivity index (χ4v) is 5.69. The fraction of sp³-hybridized carbons (Fsp3) is 0.296. The van der Waals surface area contributed by atoms with Gasteiger partial charge in [-0.1, -0.05) is 6.07 Å². The lowest BCUT2D eigenvalue weighted by Gasteiger charge is -2.23. The summed E-state index contributed by atoms with van der Waals surface area (Å²) in [6, 6.07) is 12.3. The van der Waals surface area contributed by atoms with E-state index in [4.69, 9.17) is 19.5 Å². The molecular weight excluding hydrogens is 520 g/mol. The molecule has 0 fully saturated rings. The Morgan fingerprint density at radius 2 is 1.74 bits per heavy atom. The van der Waals surface area contributed by atoms with Crippen LogP contribution < -0.4 is 9.47 Å². The van der Waals surface area contributed by atoms with Crippen molar-refractivity contribution in [2.75, 3.05) is 21.3 Å². The Labute approximate surface area is 227 Å². The standard InChI is InChI=1S/C27H28N6O5S/c1-17-11-20(15-29-13-17)27-32-31-24(33(27)25-22(36-3)7-6-8-23(25)37-4)16-39(34,35)18(2)26(38-5)21-10-9-19(12-28)14-30-21/h6-11,13-15,18,26H,16H2,1-5H3/t18-,26-/m0/s1. The lowest BCUT2D eigenvalue weighted by Crippen LogP contribution is -2.29. The number of hydrogen-bond acceptors (Lipinski definition) is 10. The first-order valence-corrected chi connectivity index (χ1v) is 13.6. The van der Waals surface area contributed by atoms with E-state index in [0.29, 0.717) is 39.8 Å². The number of rotatable bonds is 10. The molecule has 4 aromatic rings. The number of aromatic nitrogens is 5. The van der Waals surface area contributed by atoms with Crippen LogP contribution in [0.2, 0.25) is 0 Å². The van der Waals surface area contributed by atoms with Gasteiger partial charge in [-0.15, -0.1) is 10.2 Å². The molecule has 3 aromatic heterocycles. The summed E-state index contributed by atoms with van der Waals surface area (Å²) in [4.78, 5) is 8.51. The molecule has 39 heavy (non-hydrogen) atoms. The van der Waals surface area contributed by atoms with Gasteiger partial charge in [0.2, 0.25) is 0 Å². The minimum atomic E-state index is -3.89. The van der Waals surface area contributed by atoms with Gasteiger partial charge in [0.15, 0.2) is 21.5 Å². The predicted octanol–water partition coefficient (Wildman–Crippen LogP) is 3.61. The van der Waals surface area contributed by atoms with Crippen LogP contribution in [0.3, 0.4) is 0 Å². The maximum atomic E-state index is 13.8. The molecule has 11 nitrogen and oxygen atoms in total. The summed E-state index contributed by atoms with van der Waals surface area (Å²) in [6.07, 6.45) is 3.85. The SMILES string of the molecule is COc1cccc(OC)c1-n1c(CS(=O)(=O)[C@@H](C)[C@H](OC)c2ccc(C#N)cn2)nnc1-c1cncc(C)c1. The van der Waals surface area contributed by atoms with Crippen molar-refractivity contribution in [3.05, 3.63) is 77.6 Å². The van der Waals surface area contributed by atoms with Crippen LogP contribution in [0.15, 0.2) is 55.0 Å². The first-order chi connectivity index (χ1) is 18.7. The average molecular weight is 549 g/mol. The van der Waals surface area contributed by atoms with Crippen LogP contribution in [0.1, 0.15) is 35.7 Å².